The number of aromatic nitrogens is 2. The summed E-state index contributed by atoms with van der Waals surface area (Å²) in [6, 6.07) is 5.55. The highest BCUT2D eigenvalue weighted by Gasteiger charge is 2.35. The lowest BCUT2D eigenvalue weighted by molar-refractivity contribution is 0.253. The number of aryl methyl sites for hydroxylation is 1. The van der Waals surface area contributed by atoms with Gasteiger partial charge < -0.3 is 25.4 Å². The molecule has 0 amide bonds. The van der Waals surface area contributed by atoms with Gasteiger partial charge in [0, 0.05) is 16.8 Å². The molecule has 2 heterocycles. The number of nitrogens with zero attached hydrogens (tertiary/aromatic N) is 2. The summed E-state index contributed by atoms with van der Waals surface area (Å²) in [6.07, 6.45) is 0. The van der Waals surface area contributed by atoms with Gasteiger partial charge in [-0.1, -0.05) is 6.07 Å². The summed E-state index contributed by atoms with van der Waals surface area (Å²) in [5.41, 5.74) is 9.30. The van der Waals surface area contributed by atoms with E-state index >= 15 is 0 Å². The van der Waals surface area contributed by atoms with E-state index in [4.69, 9.17) is 15.2 Å². The summed E-state index contributed by atoms with van der Waals surface area (Å²) < 4.78 is 10.8. The van der Waals surface area contributed by atoms with Crippen LogP contribution < -0.4 is 15.2 Å². The Labute approximate surface area is 144 Å². The number of aliphatic hydroxyl groups excluding tert-OH is 2. The minimum absolute atomic E-state index is 0.0118. The molecule has 3 rings (SSSR count). The van der Waals surface area contributed by atoms with Gasteiger partial charge in [-0.3, -0.25) is 5.10 Å². The lowest BCUT2D eigenvalue weighted by Gasteiger charge is -2.25. The Hall–Kier alpha value is -3.02. The molecule has 25 heavy (non-hydrogen) atoms. The second kappa shape index (κ2) is 6.47. The van der Waals surface area contributed by atoms with Crippen molar-refractivity contribution >= 4 is 0 Å². The second-order valence-corrected chi connectivity index (χ2v) is 5.67. The Morgan fingerprint density at radius 1 is 1.40 bits per heavy atom. The van der Waals surface area contributed by atoms with Gasteiger partial charge in [0.15, 0.2) is 0 Å². The molecular formula is C17H18N4O4. The van der Waals surface area contributed by atoms with Crippen LogP contribution in [0.1, 0.15) is 33.9 Å². The van der Waals surface area contributed by atoms with Crippen molar-refractivity contribution in [2.24, 2.45) is 5.73 Å². The zero-order valence-corrected chi connectivity index (χ0v) is 13.8. The van der Waals surface area contributed by atoms with Gasteiger partial charge in [-0.25, -0.2) is 0 Å². The Morgan fingerprint density at radius 2 is 2.16 bits per heavy atom. The van der Waals surface area contributed by atoms with E-state index in [-0.39, 0.29) is 24.7 Å². The highest BCUT2D eigenvalue weighted by molar-refractivity contribution is 5.57. The Kier molecular flexibility index (Phi) is 4.35. The smallest absolute Gasteiger partial charge is 0.244 e. The fourth-order valence-electron chi connectivity index (χ4n) is 3.13. The number of benzene rings is 1. The fourth-order valence-corrected chi connectivity index (χ4v) is 3.13. The number of nitrogens with two attached hydrogens (primary N) is 1. The second-order valence-electron chi connectivity index (χ2n) is 5.67. The molecule has 1 aromatic heterocycles. The number of fused-ring (bicyclic) bond motifs is 1. The number of hydrogen-bond donors (Lipinski definition) is 4. The maximum Gasteiger partial charge on any atom is 0.244 e. The maximum absolute atomic E-state index is 9.67. The zero-order valence-electron chi connectivity index (χ0n) is 13.8. The minimum Gasteiger partial charge on any atom is -0.496 e. The van der Waals surface area contributed by atoms with Crippen molar-refractivity contribution < 1.29 is 19.7 Å². The van der Waals surface area contributed by atoms with Crippen LogP contribution in [0.3, 0.4) is 0 Å². The van der Waals surface area contributed by atoms with Gasteiger partial charge in [-0.2, -0.15) is 5.26 Å². The predicted octanol–water partition coefficient (Wildman–Crippen LogP) is 0.929. The lowest BCUT2D eigenvalue weighted by Crippen LogP contribution is -2.21. The summed E-state index contributed by atoms with van der Waals surface area (Å²) in [4.78, 5) is 0. The fraction of sp³-hybridized carbons (Fsp3) is 0.294. The van der Waals surface area contributed by atoms with Crippen LogP contribution in [0.2, 0.25) is 0 Å². The largest absolute Gasteiger partial charge is 0.496 e. The van der Waals surface area contributed by atoms with Gasteiger partial charge in [0.05, 0.1) is 26.2 Å². The molecule has 1 aromatic carbocycles. The van der Waals surface area contributed by atoms with Crippen molar-refractivity contribution in [2.75, 3.05) is 7.11 Å². The first-order valence-corrected chi connectivity index (χ1v) is 7.59. The summed E-state index contributed by atoms with van der Waals surface area (Å²) in [7, 11) is 1.48. The number of aromatic amines is 1. The molecule has 8 nitrogen and oxygen atoms in total. The highest BCUT2D eigenvalue weighted by Crippen LogP contribution is 2.44. The Morgan fingerprint density at radius 3 is 2.76 bits per heavy atom. The van der Waals surface area contributed by atoms with Gasteiger partial charge in [0.25, 0.3) is 0 Å². The number of aliphatic hydroxyl groups is 2. The molecule has 0 saturated carbocycles. The number of methoxy groups -OCH3 is 1. The van der Waals surface area contributed by atoms with E-state index in [1.54, 1.807) is 12.1 Å². The third-order valence-electron chi connectivity index (χ3n) is 4.33. The number of nitriles is 1. The van der Waals surface area contributed by atoms with Crippen molar-refractivity contribution in [3.63, 3.8) is 0 Å². The maximum atomic E-state index is 9.67. The van der Waals surface area contributed by atoms with Gasteiger partial charge in [-0.15, -0.1) is 5.10 Å². The molecule has 0 spiro atoms. The van der Waals surface area contributed by atoms with Crippen LogP contribution in [-0.4, -0.2) is 27.5 Å². The average Bonchev–Trinajstić information content (AvgIpc) is 2.99. The zero-order chi connectivity index (χ0) is 18.1. The third-order valence-corrected chi connectivity index (χ3v) is 4.33. The van der Waals surface area contributed by atoms with Crippen LogP contribution in [0.25, 0.3) is 0 Å². The number of H-pyrrole nitrogens is 1. The van der Waals surface area contributed by atoms with Crippen molar-refractivity contribution in [3.05, 3.63) is 51.5 Å². The van der Waals surface area contributed by atoms with Gasteiger partial charge in [0.1, 0.15) is 17.4 Å². The first-order chi connectivity index (χ1) is 12.0. The van der Waals surface area contributed by atoms with Crippen LogP contribution >= 0.6 is 0 Å². The summed E-state index contributed by atoms with van der Waals surface area (Å²) in [5, 5.41) is 35.7. The van der Waals surface area contributed by atoms with Crippen molar-refractivity contribution in [1.82, 2.24) is 10.2 Å². The van der Waals surface area contributed by atoms with Crippen LogP contribution in [0.4, 0.5) is 0 Å². The van der Waals surface area contributed by atoms with E-state index in [0.717, 1.165) is 5.69 Å². The molecule has 0 unspecified atom stereocenters. The first-order valence-electron chi connectivity index (χ1n) is 7.59. The van der Waals surface area contributed by atoms with Crippen LogP contribution in [0, 0.1) is 18.3 Å². The third kappa shape index (κ3) is 2.59. The standard InChI is InChI=1S/C17H18N4O4/c1-8-14-15(11(5-18)16(19)25-17(14)21-20-8)9-3-10(6-22)12(7-23)13(4-9)24-2/h3-4,15,22-23H,6-7,19H2,1-2H3,(H,20,21)/t15-/m0/s1. The molecule has 8 heteroatoms. The van der Waals surface area contributed by atoms with Gasteiger partial charge >= 0.3 is 0 Å². The SMILES string of the molecule is COc1cc([C@H]2C(C#N)=C(N)Oc3n[nH]c(C)c32)cc(CO)c1CO. The normalized spacial score (nSPS) is 16.2. The predicted molar refractivity (Wildman–Crippen MR) is 87.5 cm³/mol. The van der Waals surface area contributed by atoms with Crippen LogP contribution in [-0.2, 0) is 13.2 Å². The van der Waals surface area contributed by atoms with Crippen LogP contribution in [0.15, 0.2) is 23.6 Å². The number of ether oxygens (including phenoxy) is 2. The monoisotopic (exact) mass is 342 g/mol. The van der Waals surface area contributed by atoms with E-state index in [1.807, 2.05) is 6.92 Å². The molecule has 0 aliphatic carbocycles. The first kappa shape index (κ1) is 16.8. The van der Waals surface area contributed by atoms with Gasteiger partial charge in [0.2, 0.25) is 11.8 Å². The lowest BCUT2D eigenvalue weighted by atomic mass is 9.83. The van der Waals surface area contributed by atoms with E-state index in [0.29, 0.717) is 33.9 Å². The molecule has 5 N–H and O–H groups in total. The van der Waals surface area contributed by atoms with Gasteiger partial charge in [-0.05, 0) is 24.1 Å². The molecule has 0 saturated heterocycles. The molecule has 2 aromatic rings. The topological polar surface area (TPSA) is 137 Å². The minimum atomic E-state index is -0.514. The van der Waals surface area contributed by atoms with E-state index in [9.17, 15) is 15.5 Å². The Balaban J connectivity index is 2.27. The summed E-state index contributed by atoms with van der Waals surface area (Å²) in [6.45, 7) is 1.28. The molecule has 1 aliphatic heterocycles. The number of hydrogen-bond acceptors (Lipinski definition) is 7. The van der Waals surface area contributed by atoms with Crippen LogP contribution in [0.5, 0.6) is 11.6 Å². The molecule has 1 aliphatic rings. The molecule has 0 radical (unpaired) electrons. The molecule has 130 valence electrons. The Bertz CT molecular complexity index is 870. The van der Waals surface area contributed by atoms with Crippen molar-refractivity contribution in [3.8, 4) is 17.7 Å². The number of rotatable bonds is 4. The number of allylic oxidation sites excluding steroid dienone is 1. The van der Waals surface area contributed by atoms with Crippen molar-refractivity contribution in [2.45, 2.75) is 26.1 Å². The summed E-state index contributed by atoms with van der Waals surface area (Å²) >= 11 is 0. The summed E-state index contributed by atoms with van der Waals surface area (Å²) in [5.74, 6) is 0.213. The van der Waals surface area contributed by atoms with Crippen molar-refractivity contribution in [1.29, 1.82) is 5.26 Å². The molecule has 1 atom stereocenters. The molecular weight excluding hydrogens is 324 g/mol. The molecule has 0 fully saturated rings. The average molecular weight is 342 g/mol. The van der Waals surface area contributed by atoms with E-state index in [2.05, 4.69) is 16.3 Å². The quantitative estimate of drug-likeness (QED) is 0.648. The van der Waals surface area contributed by atoms with E-state index < -0.39 is 5.92 Å². The molecule has 0 bridgehead atoms. The highest BCUT2D eigenvalue weighted by atomic mass is 16.5. The number of nitrogens with one attached hydrogen (secondary N) is 1. The van der Waals surface area contributed by atoms with E-state index in [1.165, 1.54) is 7.11 Å².